The van der Waals surface area contributed by atoms with Crippen molar-refractivity contribution in [3.05, 3.63) is 11.9 Å². The quantitative estimate of drug-likeness (QED) is 0.674. The van der Waals surface area contributed by atoms with Gasteiger partial charge in [0, 0.05) is 25.6 Å². The summed E-state index contributed by atoms with van der Waals surface area (Å²) in [6.07, 6.45) is 2.52. The zero-order valence-corrected chi connectivity index (χ0v) is 12.5. The SMILES string of the molecule is CCCC(C)(O)CNc1cc(NCC)nc(CC)n1. The maximum atomic E-state index is 10.2. The van der Waals surface area contributed by atoms with Gasteiger partial charge < -0.3 is 15.7 Å². The molecule has 5 nitrogen and oxygen atoms in total. The minimum Gasteiger partial charge on any atom is -0.388 e. The smallest absolute Gasteiger partial charge is 0.132 e. The van der Waals surface area contributed by atoms with Gasteiger partial charge in [-0.05, 0) is 20.3 Å². The van der Waals surface area contributed by atoms with Crippen molar-refractivity contribution in [2.45, 2.75) is 52.6 Å². The first-order chi connectivity index (χ1) is 9.00. The maximum Gasteiger partial charge on any atom is 0.132 e. The van der Waals surface area contributed by atoms with E-state index < -0.39 is 5.60 Å². The predicted octanol–water partition coefficient (Wildman–Crippen LogP) is 2.43. The molecule has 1 unspecified atom stereocenters. The van der Waals surface area contributed by atoms with Crippen LogP contribution in [0.25, 0.3) is 0 Å². The van der Waals surface area contributed by atoms with E-state index >= 15 is 0 Å². The molecule has 0 aliphatic carbocycles. The molecule has 0 aromatic carbocycles. The van der Waals surface area contributed by atoms with Crippen LogP contribution in [-0.4, -0.2) is 33.8 Å². The number of nitrogens with one attached hydrogen (secondary N) is 2. The molecule has 0 radical (unpaired) electrons. The van der Waals surface area contributed by atoms with Gasteiger partial charge in [0.1, 0.15) is 17.5 Å². The van der Waals surface area contributed by atoms with E-state index in [2.05, 4.69) is 27.5 Å². The average molecular weight is 266 g/mol. The Morgan fingerprint density at radius 1 is 1.16 bits per heavy atom. The molecule has 1 atom stereocenters. The van der Waals surface area contributed by atoms with Gasteiger partial charge in [-0.2, -0.15) is 0 Å². The Bertz CT molecular complexity index is 393. The monoisotopic (exact) mass is 266 g/mol. The summed E-state index contributed by atoms with van der Waals surface area (Å²) in [5.74, 6) is 2.39. The lowest BCUT2D eigenvalue weighted by Crippen LogP contribution is -2.33. The van der Waals surface area contributed by atoms with Crippen LogP contribution in [0.5, 0.6) is 0 Å². The fourth-order valence-electron chi connectivity index (χ4n) is 1.93. The summed E-state index contributed by atoms with van der Waals surface area (Å²) in [4.78, 5) is 8.82. The van der Waals surface area contributed by atoms with Gasteiger partial charge in [0.05, 0.1) is 5.60 Å². The molecular formula is C14H26N4O. The topological polar surface area (TPSA) is 70.1 Å². The van der Waals surface area contributed by atoms with Crippen molar-refractivity contribution in [3.8, 4) is 0 Å². The Morgan fingerprint density at radius 3 is 2.32 bits per heavy atom. The molecule has 0 fully saturated rings. The van der Waals surface area contributed by atoms with E-state index in [4.69, 9.17) is 0 Å². The van der Waals surface area contributed by atoms with E-state index in [1.54, 1.807) is 0 Å². The van der Waals surface area contributed by atoms with E-state index in [0.29, 0.717) is 6.54 Å². The second kappa shape index (κ2) is 7.28. The zero-order chi connectivity index (χ0) is 14.3. The van der Waals surface area contributed by atoms with Crippen molar-refractivity contribution >= 4 is 11.6 Å². The van der Waals surface area contributed by atoms with Crippen LogP contribution in [0, 0.1) is 0 Å². The van der Waals surface area contributed by atoms with E-state index in [1.807, 2.05) is 26.8 Å². The van der Waals surface area contributed by atoms with Gasteiger partial charge in [-0.15, -0.1) is 0 Å². The molecule has 1 aromatic heterocycles. The Balaban J connectivity index is 2.74. The minimum absolute atomic E-state index is 0.493. The van der Waals surface area contributed by atoms with Crippen LogP contribution >= 0.6 is 0 Å². The average Bonchev–Trinajstić information content (AvgIpc) is 2.36. The molecule has 0 saturated heterocycles. The normalized spacial score (nSPS) is 13.9. The van der Waals surface area contributed by atoms with Crippen LogP contribution in [0.1, 0.15) is 46.4 Å². The molecule has 1 rings (SSSR count). The molecule has 19 heavy (non-hydrogen) atoms. The van der Waals surface area contributed by atoms with Gasteiger partial charge in [-0.3, -0.25) is 0 Å². The number of aryl methyl sites for hydroxylation is 1. The molecule has 108 valence electrons. The molecule has 5 heteroatoms. The van der Waals surface area contributed by atoms with Crippen molar-refractivity contribution in [1.29, 1.82) is 0 Å². The predicted molar refractivity (Wildman–Crippen MR) is 79.6 cm³/mol. The maximum absolute atomic E-state index is 10.2. The summed E-state index contributed by atoms with van der Waals surface area (Å²) >= 11 is 0. The van der Waals surface area contributed by atoms with E-state index in [-0.39, 0.29) is 0 Å². The Kier molecular flexibility index (Phi) is 6.02. The fourth-order valence-corrected chi connectivity index (χ4v) is 1.93. The van der Waals surface area contributed by atoms with Crippen molar-refractivity contribution in [3.63, 3.8) is 0 Å². The third-order valence-electron chi connectivity index (χ3n) is 2.89. The lowest BCUT2D eigenvalue weighted by Gasteiger charge is -2.23. The number of aliphatic hydroxyl groups is 1. The Hall–Kier alpha value is -1.36. The van der Waals surface area contributed by atoms with Crippen LogP contribution in [-0.2, 0) is 6.42 Å². The molecule has 0 spiro atoms. The third-order valence-corrected chi connectivity index (χ3v) is 2.89. The van der Waals surface area contributed by atoms with E-state index in [0.717, 1.165) is 43.3 Å². The van der Waals surface area contributed by atoms with Gasteiger partial charge in [-0.25, -0.2) is 9.97 Å². The largest absolute Gasteiger partial charge is 0.388 e. The van der Waals surface area contributed by atoms with Gasteiger partial charge >= 0.3 is 0 Å². The van der Waals surface area contributed by atoms with Crippen molar-refractivity contribution < 1.29 is 5.11 Å². The van der Waals surface area contributed by atoms with Gasteiger partial charge in [0.15, 0.2) is 0 Å². The summed E-state index contributed by atoms with van der Waals surface area (Å²) in [5, 5.41) is 16.5. The first-order valence-electron chi connectivity index (χ1n) is 7.08. The molecule has 0 aliphatic heterocycles. The van der Waals surface area contributed by atoms with E-state index in [9.17, 15) is 5.11 Å². The highest BCUT2D eigenvalue weighted by Gasteiger charge is 2.18. The number of rotatable bonds is 8. The van der Waals surface area contributed by atoms with E-state index in [1.165, 1.54) is 0 Å². The number of nitrogens with zero attached hydrogens (tertiary/aromatic N) is 2. The van der Waals surface area contributed by atoms with Crippen LogP contribution in [0.3, 0.4) is 0 Å². The van der Waals surface area contributed by atoms with Gasteiger partial charge in [0.2, 0.25) is 0 Å². The molecule has 1 heterocycles. The highest BCUT2D eigenvalue weighted by molar-refractivity contribution is 5.47. The standard InChI is InChI=1S/C14H26N4O/c1-5-8-14(4,19)10-16-13-9-12(15-7-3)17-11(6-2)18-13/h9,19H,5-8,10H2,1-4H3,(H2,15,16,17,18). The molecule has 0 amide bonds. The molecule has 1 aromatic rings. The van der Waals surface area contributed by atoms with Gasteiger partial charge in [-0.1, -0.05) is 20.3 Å². The van der Waals surface area contributed by atoms with Crippen molar-refractivity contribution in [1.82, 2.24) is 9.97 Å². The zero-order valence-electron chi connectivity index (χ0n) is 12.5. The van der Waals surface area contributed by atoms with Crippen LogP contribution in [0.15, 0.2) is 6.07 Å². The summed E-state index contributed by atoms with van der Waals surface area (Å²) in [6, 6.07) is 1.88. The lowest BCUT2D eigenvalue weighted by molar-refractivity contribution is 0.0636. The summed E-state index contributed by atoms with van der Waals surface area (Å²) in [5.41, 5.74) is -0.704. The molecular weight excluding hydrogens is 240 g/mol. The van der Waals surface area contributed by atoms with Crippen molar-refractivity contribution in [2.24, 2.45) is 0 Å². The number of aromatic nitrogens is 2. The summed E-state index contributed by atoms with van der Waals surface area (Å²) in [6.45, 7) is 9.29. The van der Waals surface area contributed by atoms with Crippen LogP contribution in [0.2, 0.25) is 0 Å². The van der Waals surface area contributed by atoms with Gasteiger partial charge in [0.25, 0.3) is 0 Å². The highest BCUT2D eigenvalue weighted by Crippen LogP contribution is 2.15. The summed E-state index contributed by atoms with van der Waals surface area (Å²) < 4.78 is 0. The Labute approximate surface area is 115 Å². The second-order valence-corrected chi connectivity index (χ2v) is 5.04. The van der Waals surface area contributed by atoms with Crippen LogP contribution in [0.4, 0.5) is 11.6 Å². The van der Waals surface area contributed by atoms with Crippen molar-refractivity contribution in [2.75, 3.05) is 23.7 Å². The lowest BCUT2D eigenvalue weighted by atomic mass is 10.0. The molecule has 0 saturated carbocycles. The third kappa shape index (κ3) is 5.42. The molecule has 0 aliphatic rings. The summed E-state index contributed by atoms with van der Waals surface area (Å²) in [7, 11) is 0. The second-order valence-electron chi connectivity index (χ2n) is 5.04. The minimum atomic E-state index is -0.704. The fraction of sp³-hybridized carbons (Fsp3) is 0.714. The number of hydrogen-bond donors (Lipinski definition) is 3. The highest BCUT2D eigenvalue weighted by atomic mass is 16.3. The molecule has 3 N–H and O–H groups in total. The first kappa shape index (κ1) is 15.7. The number of hydrogen-bond acceptors (Lipinski definition) is 5. The molecule has 0 bridgehead atoms. The Morgan fingerprint density at radius 2 is 1.79 bits per heavy atom. The van der Waals surface area contributed by atoms with Crippen LogP contribution < -0.4 is 10.6 Å². The first-order valence-corrected chi connectivity index (χ1v) is 7.08. The number of anilines is 2.